The second kappa shape index (κ2) is 10.7. The highest BCUT2D eigenvalue weighted by atomic mass is 32.2. The van der Waals surface area contributed by atoms with Crippen molar-refractivity contribution in [2.45, 2.75) is 37.3 Å². The van der Waals surface area contributed by atoms with Gasteiger partial charge < -0.3 is 30.0 Å². The zero-order valence-electron chi connectivity index (χ0n) is 20.0. The Morgan fingerprint density at radius 1 is 1.21 bits per heavy atom. The van der Waals surface area contributed by atoms with Gasteiger partial charge in [0.2, 0.25) is 5.91 Å². The highest BCUT2D eigenvalue weighted by Crippen LogP contribution is 2.36. The van der Waals surface area contributed by atoms with Crippen LogP contribution >= 0.6 is 11.8 Å². The van der Waals surface area contributed by atoms with Gasteiger partial charge in [0.1, 0.15) is 17.5 Å². The van der Waals surface area contributed by atoms with Gasteiger partial charge in [-0.3, -0.25) is 9.59 Å². The Kier molecular flexibility index (Phi) is 7.67. The third kappa shape index (κ3) is 5.02. The van der Waals surface area contributed by atoms with E-state index in [1.165, 1.54) is 19.9 Å². The summed E-state index contributed by atoms with van der Waals surface area (Å²) in [6.45, 7) is 2.15. The number of H-pyrrole nitrogens is 1. The summed E-state index contributed by atoms with van der Waals surface area (Å²) in [5.74, 6) is 1.46. The number of benzene rings is 1. The highest BCUT2D eigenvalue weighted by Gasteiger charge is 2.42. The molecule has 1 spiro atoms. The number of rotatable bonds is 8. The average Bonchev–Trinajstić information content (AvgIpc) is 3.37. The molecule has 0 unspecified atom stereocenters. The molecule has 0 bridgehead atoms. The van der Waals surface area contributed by atoms with E-state index in [-0.39, 0.29) is 17.4 Å². The van der Waals surface area contributed by atoms with Crippen LogP contribution in [0.3, 0.4) is 0 Å². The highest BCUT2D eigenvalue weighted by molar-refractivity contribution is 7.98. The Morgan fingerprint density at radius 2 is 1.91 bits per heavy atom. The molecule has 10 heteroatoms. The van der Waals surface area contributed by atoms with Crippen molar-refractivity contribution < 1.29 is 19.1 Å². The molecule has 3 heterocycles. The van der Waals surface area contributed by atoms with Crippen LogP contribution in [-0.2, 0) is 16.8 Å². The van der Waals surface area contributed by atoms with Gasteiger partial charge in [0.15, 0.2) is 0 Å². The summed E-state index contributed by atoms with van der Waals surface area (Å²) in [6.07, 6.45) is 6.86. The summed E-state index contributed by atoms with van der Waals surface area (Å²) in [5, 5.41) is 6.62. The number of methoxy groups -OCH3 is 2. The van der Waals surface area contributed by atoms with Gasteiger partial charge >= 0.3 is 0 Å². The molecular formula is C24H33N5O4S. The Hall–Kier alpha value is -2.72. The van der Waals surface area contributed by atoms with Crippen LogP contribution in [0.4, 0.5) is 0 Å². The minimum atomic E-state index is -0.591. The number of likely N-dealkylation sites (tertiary alicyclic amines) is 1. The number of hydrogen-bond acceptors (Lipinski definition) is 7. The first kappa shape index (κ1) is 24.4. The van der Waals surface area contributed by atoms with E-state index in [1.807, 2.05) is 11.2 Å². The van der Waals surface area contributed by atoms with Crippen LogP contribution in [0.5, 0.6) is 11.5 Å². The number of aromatic nitrogens is 2. The molecule has 1 aromatic heterocycles. The molecule has 3 N–H and O–H groups in total. The Bertz CT molecular complexity index is 996. The van der Waals surface area contributed by atoms with E-state index in [4.69, 9.17) is 9.47 Å². The van der Waals surface area contributed by atoms with Gasteiger partial charge in [-0.2, -0.15) is 11.8 Å². The van der Waals surface area contributed by atoms with Gasteiger partial charge in [-0.25, -0.2) is 4.98 Å². The lowest BCUT2D eigenvalue weighted by Crippen LogP contribution is -2.57. The van der Waals surface area contributed by atoms with Crippen LogP contribution in [-0.4, -0.2) is 78.6 Å². The molecule has 2 aromatic rings. The fourth-order valence-corrected chi connectivity index (χ4v) is 5.32. The summed E-state index contributed by atoms with van der Waals surface area (Å²) in [5.41, 5.74) is 2.50. The number of hydrogen-bond donors (Lipinski definition) is 3. The molecule has 34 heavy (non-hydrogen) atoms. The fourth-order valence-electron chi connectivity index (χ4n) is 4.85. The van der Waals surface area contributed by atoms with Crippen LogP contribution < -0.4 is 20.1 Å². The Labute approximate surface area is 204 Å². The normalized spacial score (nSPS) is 17.7. The first-order valence-corrected chi connectivity index (χ1v) is 13.0. The van der Waals surface area contributed by atoms with Crippen molar-refractivity contribution in [2.24, 2.45) is 0 Å². The van der Waals surface area contributed by atoms with Crippen LogP contribution in [0.1, 0.15) is 41.0 Å². The van der Waals surface area contributed by atoms with Gasteiger partial charge in [-0.15, -0.1) is 0 Å². The van der Waals surface area contributed by atoms with Crippen molar-refractivity contribution in [3.8, 4) is 11.5 Å². The van der Waals surface area contributed by atoms with Gasteiger partial charge in [0.05, 0.1) is 31.8 Å². The Balaban J connectivity index is 1.45. The van der Waals surface area contributed by atoms with Crippen molar-refractivity contribution >= 4 is 23.6 Å². The smallest absolute Gasteiger partial charge is 0.252 e. The van der Waals surface area contributed by atoms with Gasteiger partial charge in [0, 0.05) is 43.4 Å². The van der Waals surface area contributed by atoms with Crippen molar-refractivity contribution in [3.63, 3.8) is 0 Å². The number of nitrogens with zero attached hydrogens (tertiary/aromatic N) is 2. The second-order valence-electron chi connectivity index (χ2n) is 8.72. The van der Waals surface area contributed by atoms with E-state index >= 15 is 0 Å². The number of imidazole rings is 1. The van der Waals surface area contributed by atoms with E-state index in [9.17, 15) is 9.59 Å². The number of ether oxygens (including phenoxy) is 2. The predicted molar refractivity (Wildman–Crippen MR) is 132 cm³/mol. The fraction of sp³-hybridized carbons (Fsp3) is 0.542. The number of carbonyl (C=O) groups excluding carboxylic acids is 2. The second-order valence-corrected chi connectivity index (χ2v) is 9.71. The summed E-state index contributed by atoms with van der Waals surface area (Å²) in [6, 6.07) is 4.41. The quantitative estimate of drug-likeness (QED) is 0.522. The summed E-state index contributed by atoms with van der Waals surface area (Å²) in [4.78, 5) is 36.3. The maximum Gasteiger partial charge on any atom is 0.252 e. The van der Waals surface area contributed by atoms with Crippen LogP contribution in [0, 0.1) is 0 Å². The molecule has 9 nitrogen and oxygen atoms in total. The first-order valence-electron chi connectivity index (χ1n) is 11.6. The lowest BCUT2D eigenvalue weighted by Gasteiger charge is -2.44. The molecule has 2 amide bonds. The molecule has 0 saturated carbocycles. The minimum absolute atomic E-state index is 0.0369. The maximum atomic E-state index is 13.5. The van der Waals surface area contributed by atoms with Crippen LogP contribution in [0.15, 0.2) is 24.5 Å². The molecule has 2 aliphatic rings. The summed E-state index contributed by atoms with van der Waals surface area (Å²) < 4.78 is 10.6. The molecule has 184 valence electrons. The lowest BCUT2D eigenvalue weighted by atomic mass is 9.80. The number of carbonyl (C=O) groups is 2. The minimum Gasteiger partial charge on any atom is -0.497 e. The number of thioether (sulfide) groups is 1. The number of fused-ring (bicyclic) bond motifs is 2. The number of aromatic amines is 1. The Morgan fingerprint density at radius 3 is 2.56 bits per heavy atom. The molecule has 2 aliphatic heterocycles. The van der Waals surface area contributed by atoms with E-state index in [0.717, 1.165) is 37.3 Å². The largest absolute Gasteiger partial charge is 0.497 e. The SMILES string of the molecule is COc1cc(OC)cc(C(=O)N[C@H](CCSC)C(=O)N2CCC3(CC2)NCCc2[nH]cnc23)c1. The molecule has 0 radical (unpaired) electrons. The standard InChI is InChI=1S/C24H33N5O4S/c1-32-17-12-16(13-18(14-17)33-2)22(30)28-20(5-11-34-3)23(31)29-9-6-24(7-10-29)21-19(4-8-27-24)25-15-26-21/h12-15,20,27H,4-11H2,1-3H3,(H,25,26)(H,28,30)/t20-/m1/s1. The average molecular weight is 488 g/mol. The zero-order chi connectivity index (χ0) is 24.1. The molecular weight excluding hydrogens is 454 g/mol. The molecule has 0 aliphatic carbocycles. The van der Waals surface area contributed by atoms with Crippen molar-refractivity contribution in [1.82, 2.24) is 25.5 Å². The topological polar surface area (TPSA) is 109 Å². The monoisotopic (exact) mass is 487 g/mol. The van der Waals surface area contributed by atoms with Crippen molar-refractivity contribution in [1.29, 1.82) is 0 Å². The zero-order valence-corrected chi connectivity index (χ0v) is 20.8. The number of piperidine rings is 1. The van der Waals surface area contributed by atoms with Crippen molar-refractivity contribution in [3.05, 3.63) is 41.5 Å². The van der Waals surface area contributed by atoms with Crippen molar-refractivity contribution in [2.75, 3.05) is 45.9 Å². The molecule has 1 aromatic carbocycles. The third-order valence-corrected chi connectivity index (χ3v) is 7.41. The third-order valence-electron chi connectivity index (χ3n) is 6.77. The summed E-state index contributed by atoms with van der Waals surface area (Å²) in [7, 11) is 3.08. The van der Waals surface area contributed by atoms with Crippen LogP contribution in [0.25, 0.3) is 0 Å². The van der Waals surface area contributed by atoms with Gasteiger partial charge in [-0.05, 0) is 43.4 Å². The lowest BCUT2D eigenvalue weighted by molar-refractivity contribution is -0.135. The van der Waals surface area contributed by atoms with Gasteiger partial charge in [-0.1, -0.05) is 0 Å². The molecule has 4 rings (SSSR count). The van der Waals surface area contributed by atoms with E-state index < -0.39 is 6.04 Å². The number of nitrogens with one attached hydrogen (secondary N) is 3. The van der Waals surface area contributed by atoms with E-state index in [0.29, 0.717) is 36.6 Å². The maximum absolute atomic E-state index is 13.5. The molecule has 1 saturated heterocycles. The molecule has 1 fully saturated rings. The number of amides is 2. The summed E-state index contributed by atoms with van der Waals surface area (Å²) >= 11 is 1.66. The molecule has 1 atom stereocenters. The van der Waals surface area contributed by atoms with Crippen LogP contribution in [0.2, 0.25) is 0 Å². The van der Waals surface area contributed by atoms with Gasteiger partial charge in [0.25, 0.3) is 5.91 Å². The van der Waals surface area contributed by atoms with E-state index in [1.54, 1.807) is 36.3 Å². The van der Waals surface area contributed by atoms with E-state index in [2.05, 4.69) is 20.6 Å². The predicted octanol–water partition coefficient (Wildman–Crippen LogP) is 1.94. The first-order chi connectivity index (χ1) is 16.5.